The molecule has 4 heteroatoms. The molecule has 0 radical (unpaired) electrons. The van der Waals surface area contributed by atoms with E-state index >= 15 is 0 Å². The topological polar surface area (TPSA) is 48.3 Å². The quantitative estimate of drug-likeness (QED) is 0.701. The summed E-state index contributed by atoms with van der Waals surface area (Å²) >= 11 is 0. The molecule has 0 aromatic heterocycles. The van der Waals surface area contributed by atoms with E-state index < -0.39 is 0 Å². The van der Waals surface area contributed by atoms with Crippen molar-refractivity contribution in [2.75, 3.05) is 26.2 Å². The van der Waals surface area contributed by atoms with Crippen LogP contribution in [0.5, 0.6) is 5.75 Å². The number of nitrogens with zero attached hydrogens (tertiary/aromatic N) is 2. The Bertz CT molecular complexity index is 732. The summed E-state index contributed by atoms with van der Waals surface area (Å²) in [6.07, 6.45) is 3.92. The molecule has 1 N–H and O–H groups in total. The summed E-state index contributed by atoms with van der Waals surface area (Å²) in [5.74, 6) is 0.865. The Kier molecular flexibility index (Phi) is 7.06. The van der Waals surface area contributed by atoms with E-state index in [0.717, 1.165) is 24.4 Å². The minimum atomic E-state index is 0.474. The molecule has 1 saturated heterocycles. The number of hydrogen-bond donors (Lipinski definition) is 1. The van der Waals surface area contributed by atoms with Crippen LogP contribution >= 0.6 is 0 Å². The molecule has 26 heavy (non-hydrogen) atoms. The number of hydrogen-bond acceptors (Lipinski definition) is 4. The molecule has 0 bridgehead atoms. The van der Waals surface area contributed by atoms with E-state index in [2.05, 4.69) is 28.4 Å². The van der Waals surface area contributed by atoms with Crippen LogP contribution in [0, 0.1) is 11.3 Å². The molecule has 1 aliphatic heterocycles. The van der Waals surface area contributed by atoms with Gasteiger partial charge in [-0.15, -0.1) is 0 Å². The molecular weight excluding hydrogens is 322 g/mol. The molecule has 136 valence electrons. The van der Waals surface area contributed by atoms with Gasteiger partial charge in [-0.3, -0.25) is 0 Å². The molecule has 0 amide bonds. The van der Waals surface area contributed by atoms with Crippen molar-refractivity contribution >= 4 is 0 Å². The smallest absolute Gasteiger partial charge is 0.120 e. The van der Waals surface area contributed by atoms with Crippen molar-refractivity contribution in [3.63, 3.8) is 0 Å². The molecule has 4 nitrogen and oxygen atoms in total. The summed E-state index contributed by atoms with van der Waals surface area (Å²) < 4.78 is 5.88. The number of nitriles is 1. The lowest BCUT2D eigenvalue weighted by atomic mass is 10.1. The summed E-state index contributed by atoms with van der Waals surface area (Å²) in [4.78, 5) is 2.55. The number of benzene rings is 2. The van der Waals surface area contributed by atoms with Gasteiger partial charge in [0.1, 0.15) is 12.4 Å². The van der Waals surface area contributed by atoms with Gasteiger partial charge in [0.25, 0.3) is 0 Å². The minimum absolute atomic E-state index is 0.474. The fourth-order valence-electron chi connectivity index (χ4n) is 3.31. The molecule has 2 aromatic carbocycles. The van der Waals surface area contributed by atoms with E-state index in [4.69, 9.17) is 10.00 Å². The lowest BCUT2D eigenvalue weighted by molar-refractivity contribution is 0.305. The molecular formula is C22H27N3O. The maximum atomic E-state index is 8.97. The minimum Gasteiger partial charge on any atom is -0.489 e. The van der Waals surface area contributed by atoms with Crippen molar-refractivity contribution < 1.29 is 4.74 Å². The van der Waals surface area contributed by atoms with Crippen LogP contribution in [0.25, 0.3) is 0 Å². The zero-order valence-corrected chi connectivity index (χ0v) is 15.3. The highest BCUT2D eigenvalue weighted by Gasteiger charge is 2.09. The van der Waals surface area contributed by atoms with Gasteiger partial charge in [-0.05, 0) is 80.8 Å². The van der Waals surface area contributed by atoms with Gasteiger partial charge in [-0.1, -0.05) is 24.3 Å². The second-order valence-corrected chi connectivity index (χ2v) is 6.83. The van der Waals surface area contributed by atoms with E-state index in [0.29, 0.717) is 12.2 Å². The predicted molar refractivity (Wildman–Crippen MR) is 104 cm³/mol. The van der Waals surface area contributed by atoms with E-state index in [1.54, 1.807) is 6.07 Å². The largest absolute Gasteiger partial charge is 0.489 e. The van der Waals surface area contributed by atoms with Crippen molar-refractivity contribution in [2.24, 2.45) is 0 Å². The van der Waals surface area contributed by atoms with Gasteiger partial charge in [-0.25, -0.2) is 0 Å². The Hall–Kier alpha value is -2.35. The van der Waals surface area contributed by atoms with Crippen molar-refractivity contribution in [3.05, 3.63) is 65.2 Å². The third-order valence-corrected chi connectivity index (χ3v) is 4.72. The Labute approximate surface area is 156 Å². The van der Waals surface area contributed by atoms with Gasteiger partial charge in [0.15, 0.2) is 0 Å². The first-order chi connectivity index (χ1) is 12.8. The fourth-order valence-corrected chi connectivity index (χ4v) is 3.31. The van der Waals surface area contributed by atoms with Crippen LogP contribution in [0.15, 0.2) is 48.5 Å². The zero-order chi connectivity index (χ0) is 18.0. The first-order valence-corrected chi connectivity index (χ1v) is 9.47. The van der Waals surface area contributed by atoms with E-state index in [1.807, 2.05) is 30.3 Å². The molecule has 1 aliphatic rings. The normalized spacial score (nSPS) is 14.3. The van der Waals surface area contributed by atoms with Crippen molar-refractivity contribution in [1.29, 1.82) is 5.26 Å². The number of likely N-dealkylation sites (tertiary alicyclic amines) is 1. The summed E-state index contributed by atoms with van der Waals surface area (Å²) in [5, 5.41) is 12.5. The van der Waals surface area contributed by atoms with Crippen LogP contribution in [-0.2, 0) is 13.2 Å². The van der Waals surface area contributed by atoms with Gasteiger partial charge >= 0.3 is 0 Å². The molecule has 3 rings (SSSR count). The van der Waals surface area contributed by atoms with Gasteiger partial charge in [0.2, 0.25) is 0 Å². The Morgan fingerprint density at radius 3 is 2.69 bits per heavy atom. The van der Waals surface area contributed by atoms with Crippen LogP contribution in [-0.4, -0.2) is 31.1 Å². The van der Waals surface area contributed by atoms with Crippen LogP contribution in [0.2, 0.25) is 0 Å². The average molecular weight is 349 g/mol. The zero-order valence-electron chi connectivity index (χ0n) is 15.3. The molecule has 0 atom stereocenters. The fraction of sp³-hybridized carbons (Fsp3) is 0.409. The lowest BCUT2D eigenvalue weighted by Gasteiger charge is -2.14. The average Bonchev–Trinajstić information content (AvgIpc) is 3.20. The number of ether oxygens (including phenoxy) is 1. The third kappa shape index (κ3) is 5.87. The molecule has 0 unspecified atom stereocenters. The van der Waals surface area contributed by atoms with E-state index in [1.165, 1.54) is 44.5 Å². The van der Waals surface area contributed by atoms with Crippen LogP contribution in [0.4, 0.5) is 0 Å². The number of nitrogens with one attached hydrogen (secondary N) is 1. The molecule has 1 heterocycles. The Balaban J connectivity index is 1.40. The van der Waals surface area contributed by atoms with Gasteiger partial charge in [-0.2, -0.15) is 5.26 Å². The van der Waals surface area contributed by atoms with Crippen LogP contribution in [0.1, 0.15) is 36.0 Å². The van der Waals surface area contributed by atoms with Crippen LogP contribution in [0.3, 0.4) is 0 Å². The first-order valence-electron chi connectivity index (χ1n) is 9.47. The highest BCUT2D eigenvalue weighted by atomic mass is 16.5. The maximum absolute atomic E-state index is 8.97. The summed E-state index contributed by atoms with van der Waals surface area (Å²) in [6.45, 7) is 6.14. The van der Waals surface area contributed by atoms with Gasteiger partial charge in [0, 0.05) is 6.54 Å². The lowest BCUT2D eigenvalue weighted by Crippen LogP contribution is -2.24. The highest BCUT2D eigenvalue weighted by molar-refractivity contribution is 5.33. The summed E-state index contributed by atoms with van der Waals surface area (Å²) in [7, 11) is 0. The maximum Gasteiger partial charge on any atom is 0.120 e. The first kappa shape index (κ1) is 18.4. The number of rotatable bonds is 9. The van der Waals surface area contributed by atoms with Crippen molar-refractivity contribution in [3.8, 4) is 11.8 Å². The van der Waals surface area contributed by atoms with Crippen molar-refractivity contribution in [2.45, 2.75) is 32.4 Å². The molecule has 1 fully saturated rings. The monoisotopic (exact) mass is 349 g/mol. The Morgan fingerprint density at radius 2 is 1.85 bits per heavy atom. The third-order valence-electron chi connectivity index (χ3n) is 4.72. The summed E-state index contributed by atoms with van der Waals surface area (Å²) in [5.41, 5.74) is 2.90. The van der Waals surface area contributed by atoms with Crippen molar-refractivity contribution in [1.82, 2.24) is 10.2 Å². The van der Waals surface area contributed by atoms with Gasteiger partial charge < -0.3 is 15.0 Å². The van der Waals surface area contributed by atoms with E-state index in [-0.39, 0.29) is 0 Å². The van der Waals surface area contributed by atoms with E-state index in [9.17, 15) is 0 Å². The molecule has 0 aliphatic carbocycles. The second-order valence-electron chi connectivity index (χ2n) is 6.83. The van der Waals surface area contributed by atoms with Gasteiger partial charge in [0.05, 0.1) is 11.6 Å². The Morgan fingerprint density at radius 1 is 1.04 bits per heavy atom. The highest BCUT2D eigenvalue weighted by Crippen LogP contribution is 2.16. The molecule has 0 saturated carbocycles. The second kappa shape index (κ2) is 9.96. The SMILES string of the molecule is N#Cc1cccc(COc2cccc(CNCCCN3CCCC3)c2)c1. The summed E-state index contributed by atoms with van der Waals surface area (Å²) in [6, 6.07) is 17.9. The molecule has 2 aromatic rings. The predicted octanol–water partition coefficient (Wildman–Crippen LogP) is 3.71. The van der Waals surface area contributed by atoms with Crippen LogP contribution < -0.4 is 10.1 Å². The standard InChI is InChI=1S/C22H27N3O/c23-16-19-6-3-8-21(14-19)18-26-22-9-4-7-20(15-22)17-24-10-5-13-25-11-1-2-12-25/h3-4,6-9,14-15,24H,1-2,5,10-13,17-18H2. The molecule has 0 spiro atoms.